The minimum Gasteiger partial charge on any atom is -0.469 e. The Bertz CT molecular complexity index is 839. The number of amides is 2. The minimum atomic E-state index is -0.125. The third-order valence-corrected chi connectivity index (χ3v) is 4.14. The van der Waals surface area contributed by atoms with E-state index in [0.717, 1.165) is 23.5 Å². The average Bonchev–Trinajstić information content (AvgIpc) is 3.26. The van der Waals surface area contributed by atoms with E-state index in [1.54, 1.807) is 27.9 Å². The van der Waals surface area contributed by atoms with Crippen molar-refractivity contribution in [3.05, 3.63) is 48.2 Å². The number of aromatic nitrogens is 3. The average molecular weight is 311 g/mol. The van der Waals surface area contributed by atoms with E-state index in [4.69, 9.17) is 4.42 Å². The van der Waals surface area contributed by atoms with Gasteiger partial charge in [-0.2, -0.15) is 9.61 Å². The van der Waals surface area contributed by atoms with Crippen molar-refractivity contribution in [1.29, 1.82) is 0 Å². The number of carbonyl (C=O) groups is 1. The number of likely N-dealkylation sites (tertiary alicyclic amines) is 1. The first-order valence-electron chi connectivity index (χ1n) is 7.61. The molecule has 2 amide bonds. The van der Waals surface area contributed by atoms with E-state index >= 15 is 0 Å². The van der Waals surface area contributed by atoms with Crippen LogP contribution >= 0.6 is 0 Å². The number of fused-ring (bicyclic) bond motifs is 1. The van der Waals surface area contributed by atoms with Crippen molar-refractivity contribution in [2.75, 3.05) is 18.4 Å². The maximum Gasteiger partial charge on any atom is 0.323 e. The van der Waals surface area contributed by atoms with Crippen LogP contribution in [-0.4, -0.2) is 38.6 Å². The third kappa shape index (κ3) is 2.54. The summed E-state index contributed by atoms with van der Waals surface area (Å²) < 4.78 is 7.09. The molecular formula is C16H17N5O2. The van der Waals surface area contributed by atoms with Crippen LogP contribution in [-0.2, 0) is 0 Å². The molecule has 1 aliphatic rings. The zero-order valence-corrected chi connectivity index (χ0v) is 12.8. The van der Waals surface area contributed by atoms with E-state index in [2.05, 4.69) is 15.4 Å². The van der Waals surface area contributed by atoms with Gasteiger partial charge in [-0.15, -0.1) is 0 Å². The Kier molecular flexibility index (Phi) is 3.25. The predicted octanol–water partition coefficient (Wildman–Crippen LogP) is 2.65. The van der Waals surface area contributed by atoms with Gasteiger partial charge in [0.1, 0.15) is 11.6 Å². The van der Waals surface area contributed by atoms with Gasteiger partial charge < -0.3 is 9.32 Å². The molecule has 23 heavy (non-hydrogen) atoms. The van der Waals surface area contributed by atoms with Gasteiger partial charge in [-0.3, -0.25) is 5.32 Å². The Balaban J connectivity index is 1.49. The molecule has 3 aromatic rings. The van der Waals surface area contributed by atoms with E-state index in [-0.39, 0.29) is 11.9 Å². The number of hydrogen-bond donors (Lipinski definition) is 1. The molecule has 1 atom stereocenters. The molecule has 1 aliphatic heterocycles. The van der Waals surface area contributed by atoms with E-state index < -0.39 is 0 Å². The third-order valence-electron chi connectivity index (χ3n) is 4.14. The second-order valence-corrected chi connectivity index (χ2v) is 5.76. The molecule has 3 aromatic heterocycles. The highest BCUT2D eigenvalue weighted by Gasteiger charge is 2.29. The Morgan fingerprint density at radius 3 is 3.17 bits per heavy atom. The summed E-state index contributed by atoms with van der Waals surface area (Å²) in [6, 6.07) is 7.34. The largest absolute Gasteiger partial charge is 0.469 e. The van der Waals surface area contributed by atoms with Crippen LogP contribution in [0.4, 0.5) is 10.6 Å². The predicted molar refractivity (Wildman–Crippen MR) is 84.4 cm³/mol. The molecular weight excluding hydrogens is 294 g/mol. The smallest absolute Gasteiger partial charge is 0.323 e. The van der Waals surface area contributed by atoms with Crippen LogP contribution < -0.4 is 5.32 Å². The molecule has 0 unspecified atom stereocenters. The molecule has 0 aromatic carbocycles. The van der Waals surface area contributed by atoms with E-state index in [0.29, 0.717) is 18.9 Å². The van der Waals surface area contributed by atoms with Crippen LogP contribution in [0.1, 0.15) is 23.8 Å². The highest BCUT2D eigenvalue weighted by molar-refractivity contribution is 5.88. The van der Waals surface area contributed by atoms with Crippen molar-refractivity contribution in [1.82, 2.24) is 19.5 Å². The molecule has 0 bridgehead atoms. The molecule has 4 heterocycles. The topological polar surface area (TPSA) is 75.7 Å². The van der Waals surface area contributed by atoms with Crippen molar-refractivity contribution in [3.63, 3.8) is 0 Å². The van der Waals surface area contributed by atoms with Crippen molar-refractivity contribution in [2.45, 2.75) is 19.3 Å². The summed E-state index contributed by atoms with van der Waals surface area (Å²) in [7, 11) is 0. The molecule has 118 valence electrons. The fraction of sp³-hybridized carbons (Fsp3) is 0.312. The minimum absolute atomic E-state index is 0.125. The maximum absolute atomic E-state index is 12.5. The fourth-order valence-corrected chi connectivity index (χ4v) is 2.99. The number of nitrogens with zero attached hydrogens (tertiary/aromatic N) is 4. The first-order chi connectivity index (χ1) is 11.2. The van der Waals surface area contributed by atoms with E-state index in [1.165, 1.54) is 0 Å². The molecule has 7 nitrogen and oxygen atoms in total. The van der Waals surface area contributed by atoms with Gasteiger partial charge in [-0.05, 0) is 31.5 Å². The highest BCUT2D eigenvalue weighted by atomic mass is 16.3. The molecule has 1 N–H and O–H groups in total. The summed E-state index contributed by atoms with van der Waals surface area (Å²) in [4.78, 5) is 18.5. The lowest BCUT2D eigenvalue weighted by molar-refractivity contribution is 0.221. The lowest BCUT2D eigenvalue weighted by Crippen LogP contribution is -2.33. The first kappa shape index (κ1) is 13.8. The van der Waals surface area contributed by atoms with Gasteiger partial charge in [-0.1, -0.05) is 0 Å². The van der Waals surface area contributed by atoms with Crippen molar-refractivity contribution >= 4 is 17.5 Å². The van der Waals surface area contributed by atoms with Crippen LogP contribution in [0.15, 0.2) is 41.1 Å². The molecule has 1 saturated heterocycles. The van der Waals surface area contributed by atoms with Crippen LogP contribution in [0.3, 0.4) is 0 Å². The first-order valence-corrected chi connectivity index (χ1v) is 7.61. The second kappa shape index (κ2) is 5.42. The lowest BCUT2D eigenvalue weighted by Gasteiger charge is -2.17. The number of hydrogen-bond acceptors (Lipinski definition) is 4. The fourth-order valence-electron chi connectivity index (χ4n) is 2.99. The van der Waals surface area contributed by atoms with Gasteiger partial charge in [0.15, 0.2) is 5.65 Å². The standard InChI is InChI=1S/C16H17N5O2/c1-11-9-15-17-6-4-14(21(15)19-11)18-16(22)20-7-5-12(10-20)13-3-2-8-23-13/h2-4,6,8-9,12H,5,7,10H2,1H3,(H,18,22)/t12-/m0/s1. The van der Waals surface area contributed by atoms with Crippen molar-refractivity contribution < 1.29 is 9.21 Å². The van der Waals surface area contributed by atoms with Crippen molar-refractivity contribution in [2.24, 2.45) is 0 Å². The zero-order valence-electron chi connectivity index (χ0n) is 12.8. The summed E-state index contributed by atoms with van der Waals surface area (Å²) in [5, 5.41) is 7.28. The molecule has 7 heteroatoms. The highest BCUT2D eigenvalue weighted by Crippen LogP contribution is 2.27. The molecule has 0 saturated carbocycles. The Labute approximate surface area is 132 Å². The van der Waals surface area contributed by atoms with Crippen LogP contribution in [0.2, 0.25) is 0 Å². The van der Waals surface area contributed by atoms with Crippen LogP contribution in [0.5, 0.6) is 0 Å². The summed E-state index contributed by atoms with van der Waals surface area (Å²) in [5.41, 5.74) is 1.58. The summed E-state index contributed by atoms with van der Waals surface area (Å²) in [6.45, 7) is 3.27. The molecule has 4 rings (SSSR count). The van der Waals surface area contributed by atoms with E-state index in [9.17, 15) is 4.79 Å². The number of anilines is 1. The van der Waals surface area contributed by atoms with Crippen molar-refractivity contribution in [3.8, 4) is 0 Å². The monoisotopic (exact) mass is 311 g/mol. The maximum atomic E-state index is 12.5. The SMILES string of the molecule is Cc1cc2nccc(NC(=O)N3CC[C@H](c4ccco4)C3)n2n1. The molecule has 0 aliphatic carbocycles. The van der Waals surface area contributed by atoms with Gasteiger partial charge >= 0.3 is 6.03 Å². The van der Waals surface area contributed by atoms with Gasteiger partial charge in [-0.25, -0.2) is 9.78 Å². The van der Waals surface area contributed by atoms with Crippen LogP contribution in [0, 0.1) is 6.92 Å². The normalized spacial score (nSPS) is 17.8. The second-order valence-electron chi connectivity index (χ2n) is 5.76. The van der Waals surface area contributed by atoms with Gasteiger partial charge in [0.2, 0.25) is 0 Å². The summed E-state index contributed by atoms with van der Waals surface area (Å²) in [5.74, 6) is 1.82. The molecule has 1 fully saturated rings. The number of rotatable bonds is 2. The number of nitrogens with one attached hydrogen (secondary N) is 1. The molecule has 0 spiro atoms. The van der Waals surface area contributed by atoms with Gasteiger partial charge in [0.05, 0.1) is 12.0 Å². The number of urea groups is 1. The summed E-state index contributed by atoms with van der Waals surface area (Å²) in [6.07, 6.45) is 4.25. The zero-order chi connectivity index (χ0) is 15.8. The van der Waals surface area contributed by atoms with Gasteiger partial charge in [0, 0.05) is 31.3 Å². The lowest BCUT2D eigenvalue weighted by atomic mass is 10.1. The quantitative estimate of drug-likeness (QED) is 0.789. The number of carbonyl (C=O) groups excluding carboxylic acids is 1. The number of aryl methyl sites for hydroxylation is 1. The van der Waals surface area contributed by atoms with E-state index in [1.807, 2.05) is 25.1 Å². The Hall–Kier alpha value is -2.83. The number of furan rings is 1. The Morgan fingerprint density at radius 2 is 2.35 bits per heavy atom. The Morgan fingerprint density at radius 1 is 1.43 bits per heavy atom. The van der Waals surface area contributed by atoms with Gasteiger partial charge in [0.25, 0.3) is 0 Å². The molecule has 0 radical (unpaired) electrons. The summed E-state index contributed by atoms with van der Waals surface area (Å²) >= 11 is 0. The van der Waals surface area contributed by atoms with Crippen LogP contribution in [0.25, 0.3) is 5.65 Å².